The SMILES string of the molecule is c1ccc(-c2cc(-c3ccccc3)nc(-n3c4ccc(-c5cccc6c5oc5ccccc56)cc4c4cc(-c5cccc6c5oc5ccccc56)ccc43)c2)cc1. The summed E-state index contributed by atoms with van der Waals surface area (Å²) < 4.78 is 15.4. The number of hydrogen-bond donors (Lipinski definition) is 0. The first kappa shape index (κ1) is 31.6. The molecule has 0 saturated carbocycles. The summed E-state index contributed by atoms with van der Waals surface area (Å²) in [6.07, 6.45) is 0. The van der Waals surface area contributed by atoms with Gasteiger partial charge in [0.05, 0.1) is 16.7 Å². The Morgan fingerprint density at radius 3 is 1.39 bits per heavy atom. The van der Waals surface area contributed by atoms with Crippen LogP contribution in [0.25, 0.3) is 116 Å². The molecule has 266 valence electrons. The van der Waals surface area contributed by atoms with Gasteiger partial charge in [-0.25, -0.2) is 4.98 Å². The summed E-state index contributed by atoms with van der Waals surface area (Å²) in [6.45, 7) is 0. The summed E-state index contributed by atoms with van der Waals surface area (Å²) in [5, 5.41) is 6.72. The highest BCUT2D eigenvalue weighted by Gasteiger charge is 2.20. The molecule has 8 aromatic carbocycles. The van der Waals surface area contributed by atoms with Gasteiger partial charge in [-0.05, 0) is 70.8 Å². The summed E-state index contributed by atoms with van der Waals surface area (Å²) in [6, 6.07) is 68.4. The van der Waals surface area contributed by atoms with Crippen LogP contribution in [0.4, 0.5) is 0 Å². The number of benzene rings is 8. The maximum absolute atomic E-state index is 6.54. The number of nitrogens with zero attached hydrogens (tertiary/aromatic N) is 2. The predicted octanol–water partition coefficient (Wildman–Crippen LogP) is 14.6. The number of pyridine rings is 1. The Labute approximate surface area is 327 Å². The second-order valence-corrected chi connectivity index (χ2v) is 14.7. The van der Waals surface area contributed by atoms with Gasteiger partial charge in [0.25, 0.3) is 0 Å². The third kappa shape index (κ3) is 4.98. The molecule has 0 amide bonds. The second kappa shape index (κ2) is 12.4. The molecule has 57 heavy (non-hydrogen) atoms. The van der Waals surface area contributed by atoms with Gasteiger partial charge >= 0.3 is 0 Å². The highest BCUT2D eigenvalue weighted by Crippen LogP contribution is 2.42. The van der Waals surface area contributed by atoms with Crippen LogP contribution in [0.5, 0.6) is 0 Å². The Kier molecular flexibility index (Phi) is 6.89. The molecular weight excluding hydrogens is 697 g/mol. The summed E-state index contributed by atoms with van der Waals surface area (Å²) in [5.74, 6) is 0.856. The van der Waals surface area contributed by atoms with E-state index in [0.29, 0.717) is 0 Å². The Balaban J connectivity index is 1.14. The van der Waals surface area contributed by atoms with Gasteiger partial charge in [-0.3, -0.25) is 4.57 Å². The zero-order valence-corrected chi connectivity index (χ0v) is 30.7. The van der Waals surface area contributed by atoms with Gasteiger partial charge in [-0.2, -0.15) is 0 Å². The van der Waals surface area contributed by atoms with Crippen LogP contribution in [-0.2, 0) is 0 Å². The van der Waals surface area contributed by atoms with Crippen LogP contribution in [-0.4, -0.2) is 9.55 Å². The van der Waals surface area contributed by atoms with Crippen molar-refractivity contribution in [2.45, 2.75) is 0 Å². The van der Waals surface area contributed by atoms with Crippen LogP contribution in [0.3, 0.4) is 0 Å². The van der Waals surface area contributed by atoms with Crippen molar-refractivity contribution in [2.75, 3.05) is 0 Å². The van der Waals surface area contributed by atoms with Gasteiger partial charge in [0.2, 0.25) is 0 Å². The molecule has 0 N–H and O–H groups in total. The number of furan rings is 2. The van der Waals surface area contributed by atoms with E-state index < -0.39 is 0 Å². The fraction of sp³-hybridized carbons (Fsp3) is 0. The van der Waals surface area contributed by atoms with Crippen LogP contribution < -0.4 is 0 Å². The zero-order chi connectivity index (χ0) is 37.5. The topological polar surface area (TPSA) is 44.1 Å². The van der Waals surface area contributed by atoms with E-state index in [1.54, 1.807) is 0 Å². The van der Waals surface area contributed by atoms with Crippen molar-refractivity contribution in [2.24, 2.45) is 0 Å². The standard InChI is InChI=1S/C53H32N2O2/c1-3-13-33(14-4-1)37-31-46(34-15-5-2-6-16-34)54-51(32-37)55-47-27-25-35(38-19-11-21-42-40-17-7-9-23-49(40)56-52(38)42)29-44(47)45-30-36(26-28-48(45)55)39-20-12-22-43-41-18-8-10-24-50(41)57-53(39)43/h1-32H. The zero-order valence-electron chi connectivity index (χ0n) is 30.7. The summed E-state index contributed by atoms with van der Waals surface area (Å²) in [5.41, 5.74) is 14.2. The fourth-order valence-electron chi connectivity index (χ4n) is 8.74. The van der Waals surface area contributed by atoms with Crippen molar-refractivity contribution in [1.82, 2.24) is 9.55 Å². The molecule has 0 aliphatic carbocycles. The van der Waals surface area contributed by atoms with Crippen LogP contribution in [0.2, 0.25) is 0 Å². The quantitative estimate of drug-likeness (QED) is 0.177. The highest BCUT2D eigenvalue weighted by atomic mass is 16.3. The Hall–Kier alpha value is -7.69. The van der Waals surface area contributed by atoms with E-state index in [9.17, 15) is 0 Å². The first-order chi connectivity index (χ1) is 28.2. The molecule has 4 heteroatoms. The van der Waals surface area contributed by atoms with E-state index in [0.717, 1.165) is 116 Å². The average molecular weight is 729 g/mol. The summed E-state index contributed by atoms with van der Waals surface area (Å²) in [7, 11) is 0. The average Bonchev–Trinajstić information content (AvgIpc) is 3.96. The molecule has 0 aliphatic heterocycles. The number of fused-ring (bicyclic) bond motifs is 9. The Morgan fingerprint density at radius 2 is 0.825 bits per heavy atom. The van der Waals surface area contributed by atoms with Crippen molar-refractivity contribution in [3.63, 3.8) is 0 Å². The molecule has 4 aromatic heterocycles. The van der Waals surface area contributed by atoms with Crippen molar-refractivity contribution in [1.29, 1.82) is 0 Å². The number of hydrogen-bond acceptors (Lipinski definition) is 3. The van der Waals surface area contributed by atoms with E-state index in [2.05, 4.69) is 168 Å². The first-order valence-electron chi connectivity index (χ1n) is 19.3. The largest absolute Gasteiger partial charge is 0.455 e. The smallest absolute Gasteiger partial charge is 0.143 e. The number of para-hydroxylation sites is 4. The normalized spacial score (nSPS) is 11.9. The minimum Gasteiger partial charge on any atom is -0.455 e. The lowest BCUT2D eigenvalue weighted by atomic mass is 9.98. The lowest BCUT2D eigenvalue weighted by Crippen LogP contribution is -2.00. The fourth-order valence-corrected chi connectivity index (χ4v) is 8.74. The lowest BCUT2D eigenvalue weighted by molar-refractivity contribution is 0.669. The van der Waals surface area contributed by atoms with E-state index in [-0.39, 0.29) is 0 Å². The number of rotatable bonds is 5. The molecule has 0 radical (unpaired) electrons. The summed E-state index contributed by atoms with van der Waals surface area (Å²) >= 11 is 0. The van der Waals surface area contributed by atoms with Crippen LogP contribution in [0, 0.1) is 0 Å². The van der Waals surface area contributed by atoms with E-state index >= 15 is 0 Å². The van der Waals surface area contributed by atoms with Gasteiger partial charge < -0.3 is 8.83 Å². The maximum atomic E-state index is 6.54. The van der Waals surface area contributed by atoms with Crippen molar-refractivity contribution in [3.05, 3.63) is 194 Å². The molecule has 4 nitrogen and oxygen atoms in total. The molecule has 0 unspecified atom stereocenters. The molecule has 0 aliphatic rings. The highest BCUT2D eigenvalue weighted by molar-refractivity contribution is 6.15. The lowest BCUT2D eigenvalue weighted by Gasteiger charge is -2.13. The predicted molar refractivity (Wildman–Crippen MR) is 235 cm³/mol. The van der Waals surface area contributed by atoms with Gasteiger partial charge in [0, 0.05) is 49.0 Å². The molecule has 0 bridgehead atoms. The molecular formula is C53H32N2O2. The van der Waals surface area contributed by atoms with Crippen LogP contribution >= 0.6 is 0 Å². The van der Waals surface area contributed by atoms with Crippen LogP contribution in [0.1, 0.15) is 0 Å². The minimum atomic E-state index is 0.856. The van der Waals surface area contributed by atoms with E-state index in [1.165, 1.54) is 0 Å². The van der Waals surface area contributed by atoms with Gasteiger partial charge in [-0.15, -0.1) is 0 Å². The molecule has 0 saturated heterocycles. The van der Waals surface area contributed by atoms with Crippen LogP contribution in [0.15, 0.2) is 203 Å². The molecule has 0 atom stereocenters. The molecule has 12 rings (SSSR count). The molecule has 0 fully saturated rings. The molecule has 12 aromatic rings. The molecule has 0 spiro atoms. The first-order valence-corrected chi connectivity index (χ1v) is 19.3. The monoisotopic (exact) mass is 728 g/mol. The second-order valence-electron chi connectivity index (χ2n) is 14.7. The van der Waals surface area contributed by atoms with Crippen molar-refractivity contribution in [3.8, 4) is 50.5 Å². The van der Waals surface area contributed by atoms with Crippen molar-refractivity contribution >= 4 is 65.7 Å². The van der Waals surface area contributed by atoms with Gasteiger partial charge in [0.1, 0.15) is 28.1 Å². The molecule has 4 heterocycles. The van der Waals surface area contributed by atoms with Gasteiger partial charge in [-0.1, -0.05) is 146 Å². The maximum Gasteiger partial charge on any atom is 0.143 e. The van der Waals surface area contributed by atoms with Gasteiger partial charge in [0.15, 0.2) is 0 Å². The van der Waals surface area contributed by atoms with Crippen molar-refractivity contribution < 1.29 is 8.83 Å². The third-order valence-electron chi connectivity index (χ3n) is 11.4. The minimum absolute atomic E-state index is 0.856. The van der Waals surface area contributed by atoms with E-state index in [1.807, 2.05) is 30.3 Å². The Morgan fingerprint density at radius 1 is 0.333 bits per heavy atom. The summed E-state index contributed by atoms with van der Waals surface area (Å²) in [4.78, 5) is 5.40. The van der Waals surface area contributed by atoms with E-state index in [4.69, 9.17) is 13.8 Å². The third-order valence-corrected chi connectivity index (χ3v) is 11.4. The number of aromatic nitrogens is 2. The Bertz CT molecular complexity index is 3290.